The highest BCUT2D eigenvalue weighted by atomic mass is 14.9. The lowest BCUT2D eigenvalue weighted by molar-refractivity contribution is 0.377. The molecule has 1 atom stereocenters. The molecule has 2 saturated carbocycles. The van der Waals surface area contributed by atoms with Crippen LogP contribution in [0.1, 0.15) is 58.3 Å². The Morgan fingerprint density at radius 1 is 1.14 bits per heavy atom. The minimum absolute atomic E-state index is 0.775. The van der Waals surface area contributed by atoms with E-state index in [0.717, 1.165) is 17.9 Å². The van der Waals surface area contributed by atoms with Crippen LogP contribution < -0.4 is 5.32 Å². The summed E-state index contributed by atoms with van der Waals surface area (Å²) < 4.78 is 0. The second-order valence-electron chi connectivity index (χ2n) is 5.37. The summed E-state index contributed by atoms with van der Waals surface area (Å²) in [7, 11) is 0. The Morgan fingerprint density at radius 3 is 2.50 bits per heavy atom. The van der Waals surface area contributed by atoms with Crippen LogP contribution in [0, 0.1) is 11.8 Å². The molecule has 0 heterocycles. The highest BCUT2D eigenvalue weighted by Crippen LogP contribution is 2.33. The fourth-order valence-electron chi connectivity index (χ4n) is 2.75. The Balaban J connectivity index is 1.50. The molecule has 1 heteroatoms. The first-order valence-corrected chi connectivity index (χ1v) is 6.59. The number of hydrogen-bond donors (Lipinski definition) is 1. The lowest BCUT2D eigenvalue weighted by Crippen LogP contribution is -2.32. The maximum absolute atomic E-state index is 3.71. The van der Waals surface area contributed by atoms with Crippen LogP contribution in [0.4, 0.5) is 0 Å². The monoisotopic (exact) mass is 195 g/mol. The summed E-state index contributed by atoms with van der Waals surface area (Å²) >= 11 is 0. The van der Waals surface area contributed by atoms with Crippen molar-refractivity contribution in [3.05, 3.63) is 0 Å². The van der Waals surface area contributed by atoms with Gasteiger partial charge in [-0.2, -0.15) is 0 Å². The first-order valence-electron chi connectivity index (χ1n) is 6.59. The number of hydrogen-bond acceptors (Lipinski definition) is 1. The first kappa shape index (κ1) is 10.5. The van der Waals surface area contributed by atoms with Crippen molar-refractivity contribution in [3.63, 3.8) is 0 Å². The lowest BCUT2D eigenvalue weighted by Gasteiger charge is -2.20. The lowest BCUT2D eigenvalue weighted by atomic mass is 10.00. The molecule has 2 fully saturated rings. The Hall–Kier alpha value is -0.0400. The van der Waals surface area contributed by atoms with Crippen molar-refractivity contribution >= 4 is 0 Å². The summed E-state index contributed by atoms with van der Waals surface area (Å²) in [5.41, 5.74) is 0. The number of rotatable bonds is 6. The molecule has 82 valence electrons. The van der Waals surface area contributed by atoms with Gasteiger partial charge in [-0.1, -0.05) is 25.7 Å². The van der Waals surface area contributed by atoms with E-state index in [1.165, 1.54) is 57.9 Å². The summed E-state index contributed by atoms with van der Waals surface area (Å²) in [6.45, 7) is 3.64. The fraction of sp³-hybridized carbons (Fsp3) is 1.00. The van der Waals surface area contributed by atoms with Crippen LogP contribution in [-0.2, 0) is 0 Å². The molecule has 0 bridgehead atoms. The van der Waals surface area contributed by atoms with E-state index in [1.54, 1.807) is 0 Å². The van der Waals surface area contributed by atoms with Gasteiger partial charge in [0.1, 0.15) is 0 Å². The summed E-state index contributed by atoms with van der Waals surface area (Å²) in [6, 6.07) is 0.775. The zero-order valence-corrected chi connectivity index (χ0v) is 9.60. The van der Waals surface area contributed by atoms with Gasteiger partial charge < -0.3 is 5.32 Å². The van der Waals surface area contributed by atoms with E-state index in [1.807, 2.05) is 0 Å². The molecule has 0 amide bonds. The smallest absolute Gasteiger partial charge is 0.00669 e. The second kappa shape index (κ2) is 5.16. The van der Waals surface area contributed by atoms with Gasteiger partial charge in [0.15, 0.2) is 0 Å². The summed E-state index contributed by atoms with van der Waals surface area (Å²) in [4.78, 5) is 0. The molecule has 1 N–H and O–H groups in total. The van der Waals surface area contributed by atoms with Gasteiger partial charge in [-0.25, -0.2) is 0 Å². The van der Waals surface area contributed by atoms with Crippen molar-refractivity contribution in [2.24, 2.45) is 11.8 Å². The molecule has 1 unspecified atom stereocenters. The standard InChI is InChI=1S/C13H25N/c1-11(13-6-2-3-7-13)14-10-4-5-12-8-9-12/h11-14H,2-10H2,1H3. The van der Waals surface area contributed by atoms with Gasteiger partial charge in [0.2, 0.25) is 0 Å². The first-order chi connectivity index (χ1) is 6.86. The van der Waals surface area contributed by atoms with Crippen molar-refractivity contribution in [2.45, 2.75) is 64.3 Å². The molecule has 0 aromatic rings. The SMILES string of the molecule is CC(NCCCC1CC1)C1CCCC1. The molecule has 0 aliphatic heterocycles. The van der Waals surface area contributed by atoms with Gasteiger partial charge in [0, 0.05) is 6.04 Å². The Bertz CT molecular complexity index is 157. The third-order valence-electron chi connectivity index (χ3n) is 4.06. The van der Waals surface area contributed by atoms with Gasteiger partial charge in [-0.15, -0.1) is 0 Å². The highest BCUT2D eigenvalue weighted by Gasteiger charge is 2.22. The maximum atomic E-state index is 3.71. The van der Waals surface area contributed by atoms with Gasteiger partial charge in [0.05, 0.1) is 0 Å². The van der Waals surface area contributed by atoms with E-state index < -0.39 is 0 Å². The molecule has 0 aromatic heterocycles. The molecule has 0 aromatic carbocycles. The normalized spacial score (nSPS) is 25.5. The topological polar surface area (TPSA) is 12.0 Å². The van der Waals surface area contributed by atoms with Gasteiger partial charge in [0.25, 0.3) is 0 Å². The van der Waals surface area contributed by atoms with Gasteiger partial charge in [-0.3, -0.25) is 0 Å². The summed E-state index contributed by atoms with van der Waals surface area (Å²) in [5, 5.41) is 3.71. The van der Waals surface area contributed by atoms with E-state index in [2.05, 4.69) is 12.2 Å². The minimum atomic E-state index is 0.775. The van der Waals surface area contributed by atoms with Crippen molar-refractivity contribution in [3.8, 4) is 0 Å². The number of nitrogens with one attached hydrogen (secondary N) is 1. The third-order valence-corrected chi connectivity index (χ3v) is 4.06. The molecular formula is C13H25N. The highest BCUT2D eigenvalue weighted by molar-refractivity contribution is 4.78. The van der Waals surface area contributed by atoms with E-state index in [-0.39, 0.29) is 0 Å². The average molecular weight is 195 g/mol. The molecule has 14 heavy (non-hydrogen) atoms. The molecule has 1 nitrogen and oxygen atoms in total. The predicted molar refractivity (Wildman–Crippen MR) is 61.4 cm³/mol. The van der Waals surface area contributed by atoms with Crippen LogP contribution in [0.3, 0.4) is 0 Å². The van der Waals surface area contributed by atoms with Crippen molar-refractivity contribution in [1.82, 2.24) is 5.32 Å². The van der Waals surface area contributed by atoms with Gasteiger partial charge >= 0.3 is 0 Å². The molecule has 0 saturated heterocycles. The van der Waals surface area contributed by atoms with Crippen molar-refractivity contribution in [2.75, 3.05) is 6.54 Å². The van der Waals surface area contributed by atoms with Crippen LogP contribution in [-0.4, -0.2) is 12.6 Å². The maximum Gasteiger partial charge on any atom is 0.00669 e. The molecule has 2 aliphatic carbocycles. The zero-order valence-electron chi connectivity index (χ0n) is 9.60. The van der Waals surface area contributed by atoms with Crippen LogP contribution in [0.15, 0.2) is 0 Å². The van der Waals surface area contributed by atoms with E-state index in [4.69, 9.17) is 0 Å². The fourth-order valence-corrected chi connectivity index (χ4v) is 2.75. The predicted octanol–water partition coefficient (Wildman–Crippen LogP) is 3.34. The molecule has 2 rings (SSSR count). The van der Waals surface area contributed by atoms with Crippen LogP contribution in [0.2, 0.25) is 0 Å². The minimum Gasteiger partial charge on any atom is -0.314 e. The summed E-state index contributed by atoms with van der Waals surface area (Å²) in [5.74, 6) is 2.09. The summed E-state index contributed by atoms with van der Waals surface area (Å²) in [6.07, 6.45) is 11.8. The van der Waals surface area contributed by atoms with E-state index in [0.29, 0.717) is 0 Å². The largest absolute Gasteiger partial charge is 0.314 e. The van der Waals surface area contributed by atoms with Gasteiger partial charge in [-0.05, 0) is 51.0 Å². The molecule has 0 spiro atoms. The average Bonchev–Trinajstić information content (AvgIpc) is 2.84. The van der Waals surface area contributed by atoms with E-state index >= 15 is 0 Å². The quantitative estimate of drug-likeness (QED) is 0.641. The van der Waals surface area contributed by atoms with Crippen LogP contribution >= 0.6 is 0 Å². The van der Waals surface area contributed by atoms with Crippen molar-refractivity contribution < 1.29 is 0 Å². The third kappa shape index (κ3) is 3.27. The Kier molecular flexibility index (Phi) is 3.86. The second-order valence-corrected chi connectivity index (χ2v) is 5.37. The molecule has 2 aliphatic rings. The van der Waals surface area contributed by atoms with E-state index in [9.17, 15) is 0 Å². The zero-order chi connectivity index (χ0) is 9.80. The molecule has 0 radical (unpaired) electrons. The van der Waals surface area contributed by atoms with Crippen LogP contribution in [0.5, 0.6) is 0 Å². The van der Waals surface area contributed by atoms with Crippen molar-refractivity contribution in [1.29, 1.82) is 0 Å². The molecular weight excluding hydrogens is 170 g/mol. The Morgan fingerprint density at radius 2 is 1.86 bits per heavy atom. The van der Waals surface area contributed by atoms with Crippen LogP contribution in [0.25, 0.3) is 0 Å². The Labute approximate surface area is 88.7 Å².